The van der Waals surface area contributed by atoms with Gasteiger partial charge in [0.1, 0.15) is 5.82 Å². The first-order chi connectivity index (χ1) is 9.59. The van der Waals surface area contributed by atoms with E-state index in [1.165, 1.54) is 36.1 Å². The number of aromatic nitrogens is 2. The summed E-state index contributed by atoms with van der Waals surface area (Å²) in [5.41, 5.74) is 11.2. The first kappa shape index (κ1) is 13.2. The number of benzene rings is 1. The molecule has 20 heavy (non-hydrogen) atoms. The second kappa shape index (κ2) is 4.97. The van der Waals surface area contributed by atoms with Gasteiger partial charge in [0.2, 0.25) is 0 Å². The Bertz CT molecular complexity index is 627. The number of nitrogen functional groups attached to an aromatic ring is 1. The molecule has 2 aromatic rings. The number of nitrogens with zero attached hydrogens (tertiary/aromatic N) is 2. The molecule has 1 heterocycles. The number of hydrogen-bond donors (Lipinski definition) is 1. The molecule has 2 unspecified atom stereocenters. The SMILES string of the molecule is Cc1ccccc1-c1c(C2CCCC2C)nn(C)c1N. The maximum atomic E-state index is 6.32. The van der Waals surface area contributed by atoms with Crippen LogP contribution in [0.25, 0.3) is 11.1 Å². The molecule has 2 N–H and O–H groups in total. The lowest BCUT2D eigenvalue weighted by Gasteiger charge is -2.15. The van der Waals surface area contributed by atoms with E-state index in [-0.39, 0.29) is 0 Å². The van der Waals surface area contributed by atoms with Gasteiger partial charge in [0.25, 0.3) is 0 Å². The molecule has 0 bridgehead atoms. The van der Waals surface area contributed by atoms with E-state index >= 15 is 0 Å². The van der Waals surface area contributed by atoms with Crippen molar-refractivity contribution in [1.29, 1.82) is 0 Å². The summed E-state index contributed by atoms with van der Waals surface area (Å²) in [5, 5.41) is 4.75. The van der Waals surface area contributed by atoms with E-state index < -0.39 is 0 Å². The van der Waals surface area contributed by atoms with Crippen molar-refractivity contribution < 1.29 is 0 Å². The molecule has 0 aliphatic heterocycles. The predicted octanol–water partition coefficient (Wildman–Crippen LogP) is 3.88. The van der Waals surface area contributed by atoms with Gasteiger partial charge in [0.15, 0.2) is 0 Å². The zero-order chi connectivity index (χ0) is 14.3. The first-order valence-electron chi connectivity index (χ1n) is 7.48. The largest absolute Gasteiger partial charge is 0.383 e. The van der Waals surface area contributed by atoms with Crippen LogP contribution in [0.1, 0.15) is 43.4 Å². The fraction of sp³-hybridized carbons (Fsp3) is 0.471. The monoisotopic (exact) mass is 269 g/mol. The van der Waals surface area contributed by atoms with Crippen molar-refractivity contribution in [3.8, 4) is 11.1 Å². The summed E-state index contributed by atoms with van der Waals surface area (Å²) in [6.45, 7) is 4.48. The highest BCUT2D eigenvalue weighted by atomic mass is 15.3. The quantitative estimate of drug-likeness (QED) is 0.899. The molecule has 0 radical (unpaired) electrons. The van der Waals surface area contributed by atoms with Gasteiger partial charge in [-0.25, -0.2) is 0 Å². The van der Waals surface area contributed by atoms with Gasteiger partial charge in [-0.1, -0.05) is 44.0 Å². The first-order valence-corrected chi connectivity index (χ1v) is 7.48. The van der Waals surface area contributed by atoms with E-state index in [1.807, 2.05) is 11.7 Å². The van der Waals surface area contributed by atoms with Crippen molar-refractivity contribution in [2.75, 3.05) is 5.73 Å². The van der Waals surface area contributed by atoms with Crippen LogP contribution in [-0.4, -0.2) is 9.78 Å². The lowest BCUT2D eigenvalue weighted by Crippen LogP contribution is -2.05. The molecule has 0 amide bonds. The molecule has 0 spiro atoms. The van der Waals surface area contributed by atoms with Crippen LogP contribution in [0.15, 0.2) is 24.3 Å². The van der Waals surface area contributed by atoms with Gasteiger partial charge >= 0.3 is 0 Å². The normalized spacial score (nSPS) is 22.4. The van der Waals surface area contributed by atoms with Crippen molar-refractivity contribution in [2.45, 2.75) is 39.0 Å². The molecule has 106 valence electrons. The minimum absolute atomic E-state index is 0.549. The number of rotatable bonds is 2. The minimum Gasteiger partial charge on any atom is -0.383 e. The Morgan fingerprint density at radius 2 is 2.00 bits per heavy atom. The standard InChI is InChI=1S/C17H23N3/c1-11-7-4-5-9-13(11)15-16(19-20(3)17(15)18)14-10-6-8-12(14)2/h4-5,7,9,12,14H,6,8,10,18H2,1-3H3. The van der Waals surface area contributed by atoms with Crippen LogP contribution < -0.4 is 5.73 Å². The predicted molar refractivity (Wildman–Crippen MR) is 83.5 cm³/mol. The summed E-state index contributed by atoms with van der Waals surface area (Å²) in [5.74, 6) is 2.04. The van der Waals surface area contributed by atoms with E-state index in [9.17, 15) is 0 Å². The van der Waals surface area contributed by atoms with Gasteiger partial charge in [-0.05, 0) is 30.4 Å². The lowest BCUT2D eigenvalue weighted by molar-refractivity contribution is 0.516. The fourth-order valence-electron chi connectivity index (χ4n) is 3.50. The van der Waals surface area contributed by atoms with Gasteiger partial charge in [-0.3, -0.25) is 4.68 Å². The third kappa shape index (κ3) is 2.01. The highest BCUT2D eigenvalue weighted by Gasteiger charge is 2.31. The number of aryl methyl sites for hydroxylation is 2. The van der Waals surface area contributed by atoms with Gasteiger partial charge in [0.05, 0.1) is 5.69 Å². The Kier molecular flexibility index (Phi) is 3.28. The molecule has 0 saturated heterocycles. The molecule has 3 nitrogen and oxygen atoms in total. The van der Waals surface area contributed by atoms with Crippen LogP contribution in [0.2, 0.25) is 0 Å². The van der Waals surface area contributed by atoms with E-state index in [1.54, 1.807) is 0 Å². The third-order valence-electron chi connectivity index (χ3n) is 4.75. The van der Waals surface area contributed by atoms with Crippen LogP contribution in [0.5, 0.6) is 0 Å². The van der Waals surface area contributed by atoms with Crippen LogP contribution in [0, 0.1) is 12.8 Å². The fourth-order valence-corrected chi connectivity index (χ4v) is 3.50. The van der Waals surface area contributed by atoms with Crippen LogP contribution in [0.3, 0.4) is 0 Å². The molecular weight excluding hydrogens is 246 g/mol. The van der Waals surface area contributed by atoms with Crippen molar-refractivity contribution in [2.24, 2.45) is 13.0 Å². The smallest absolute Gasteiger partial charge is 0.129 e. The topological polar surface area (TPSA) is 43.8 Å². The Morgan fingerprint density at radius 1 is 1.25 bits per heavy atom. The average Bonchev–Trinajstić information content (AvgIpc) is 2.96. The van der Waals surface area contributed by atoms with Gasteiger partial charge in [-0.15, -0.1) is 0 Å². The summed E-state index contributed by atoms with van der Waals surface area (Å²) < 4.78 is 1.84. The van der Waals surface area contributed by atoms with Crippen molar-refractivity contribution in [1.82, 2.24) is 9.78 Å². The molecule has 1 fully saturated rings. The zero-order valence-electron chi connectivity index (χ0n) is 12.6. The molecule has 1 aromatic carbocycles. The minimum atomic E-state index is 0.549. The summed E-state index contributed by atoms with van der Waals surface area (Å²) in [6.07, 6.45) is 3.83. The van der Waals surface area contributed by atoms with E-state index in [0.717, 1.165) is 11.4 Å². The van der Waals surface area contributed by atoms with Gasteiger partial charge < -0.3 is 5.73 Å². The highest BCUT2D eigenvalue weighted by Crippen LogP contribution is 2.44. The molecule has 1 aliphatic rings. The summed E-state index contributed by atoms with van der Waals surface area (Å²) >= 11 is 0. The van der Waals surface area contributed by atoms with Crippen LogP contribution in [0.4, 0.5) is 5.82 Å². The van der Waals surface area contributed by atoms with Gasteiger partial charge in [0, 0.05) is 18.5 Å². The molecule has 1 aliphatic carbocycles. The maximum absolute atomic E-state index is 6.32. The van der Waals surface area contributed by atoms with E-state index in [4.69, 9.17) is 10.8 Å². The zero-order valence-corrected chi connectivity index (χ0v) is 12.6. The Labute approximate surface area is 120 Å². The third-order valence-corrected chi connectivity index (χ3v) is 4.75. The molecule has 3 rings (SSSR count). The van der Waals surface area contributed by atoms with Crippen molar-refractivity contribution >= 4 is 5.82 Å². The number of nitrogens with two attached hydrogens (primary N) is 1. The van der Waals surface area contributed by atoms with Crippen LogP contribution >= 0.6 is 0 Å². The number of anilines is 1. The lowest BCUT2D eigenvalue weighted by atomic mass is 9.89. The second-order valence-electron chi connectivity index (χ2n) is 6.10. The highest BCUT2D eigenvalue weighted by molar-refractivity contribution is 5.79. The molecule has 3 heteroatoms. The molecule has 1 saturated carbocycles. The Balaban J connectivity index is 2.17. The van der Waals surface area contributed by atoms with E-state index in [2.05, 4.69) is 38.1 Å². The van der Waals surface area contributed by atoms with Gasteiger partial charge in [-0.2, -0.15) is 5.10 Å². The Hall–Kier alpha value is -1.77. The maximum Gasteiger partial charge on any atom is 0.129 e. The Morgan fingerprint density at radius 3 is 2.65 bits per heavy atom. The molecule has 1 aromatic heterocycles. The summed E-state index contributed by atoms with van der Waals surface area (Å²) in [6, 6.07) is 8.45. The van der Waals surface area contributed by atoms with Crippen LogP contribution in [-0.2, 0) is 7.05 Å². The molecular formula is C17H23N3. The molecule has 2 atom stereocenters. The average molecular weight is 269 g/mol. The van der Waals surface area contributed by atoms with E-state index in [0.29, 0.717) is 11.8 Å². The summed E-state index contributed by atoms with van der Waals surface area (Å²) in [7, 11) is 1.94. The summed E-state index contributed by atoms with van der Waals surface area (Å²) in [4.78, 5) is 0. The number of hydrogen-bond acceptors (Lipinski definition) is 2. The second-order valence-corrected chi connectivity index (χ2v) is 6.10. The van der Waals surface area contributed by atoms with Crippen molar-refractivity contribution in [3.05, 3.63) is 35.5 Å². The van der Waals surface area contributed by atoms with Crippen molar-refractivity contribution in [3.63, 3.8) is 0 Å².